The molecule has 1 fully saturated rings. The molecule has 39 heavy (non-hydrogen) atoms. The van der Waals surface area contributed by atoms with Gasteiger partial charge < -0.3 is 10.2 Å². The van der Waals surface area contributed by atoms with Crippen LogP contribution in [0.2, 0.25) is 0 Å². The third kappa shape index (κ3) is 4.83. The molecular weight excluding hydrogens is 540 g/mol. The Balaban J connectivity index is 1.27. The fourth-order valence-corrected chi connectivity index (χ4v) is 6.74. The number of benzene rings is 2. The van der Waals surface area contributed by atoms with Gasteiger partial charge in [0, 0.05) is 36.3 Å². The number of hydrogen-bond donors (Lipinski definition) is 1. The molecule has 0 unspecified atom stereocenters. The van der Waals surface area contributed by atoms with Gasteiger partial charge in [-0.2, -0.15) is 0 Å². The second-order valence-electron chi connectivity index (χ2n) is 9.32. The largest absolute Gasteiger partial charge is 0.349 e. The molecule has 0 spiro atoms. The van der Waals surface area contributed by atoms with Crippen molar-refractivity contribution in [3.8, 4) is 21.0 Å². The first-order valence-corrected chi connectivity index (χ1v) is 14.1. The number of hydrogen-bond acceptors (Lipinski definition) is 6. The molecule has 1 aliphatic rings. The zero-order chi connectivity index (χ0) is 27.1. The summed E-state index contributed by atoms with van der Waals surface area (Å²) in [6.07, 6.45) is 3.34. The van der Waals surface area contributed by atoms with Crippen molar-refractivity contribution in [2.45, 2.75) is 25.8 Å². The second kappa shape index (κ2) is 10.3. The molecule has 1 aliphatic heterocycles. The maximum atomic E-state index is 13.9. The van der Waals surface area contributed by atoms with E-state index < -0.39 is 5.82 Å². The van der Waals surface area contributed by atoms with Crippen molar-refractivity contribution in [3.05, 3.63) is 88.8 Å². The summed E-state index contributed by atoms with van der Waals surface area (Å²) >= 11 is 2.72. The van der Waals surface area contributed by atoms with Crippen LogP contribution in [0.4, 0.5) is 8.78 Å². The van der Waals surface area contributed by atoms with Crippen molar-refractivity contribution >= 4 is 39.4 Å². The van der Waals surface area contributed by atoms with Gasteiger partial charge in [0.05, 0.1) is 10.6 Å². The summed E-state index contributed by atoms with van der Waals surface area (Å²) in [5.74, 6) is -1.30. The predicted octanol–water partition coefficient (Wildman–Crippen LogP) is 5.81. The molecule has 1 atom stereocenters. The van der Waals surface area contributed by atoms with Crippen LogP contribution in [-0.4, -0.2) is 50.2 Å². The Morgan fingerprint density at radius 3 is 2.69 bits per heavy atom. The van der Waals surface area contributed by atoms with Gasteiger partial charge in [-0.3, -0.25) is 14.0 Å². The molecule has 1 N–H and O–H groups in total. The summed E-state index contributed by atoms with van der Waals surface area (Å²) in [7, 11) is 0. The van der Waals surface area contributed by atoms with Gasteiger partial charge in [0.15, 0.2) is 4.96 Å². The lowest BCUT2D eigenvalue weighted by molar-refractivity contribution is 0.0720. The number of halogens is 2. The van der Waals surface area contributed by atoms with Crippen LogP contribution in [0.15, 0.2) is 60.1 Å². The summed E-state index contributed by atoms with van der Waals surface area (Å²) in [5.41, 5.74) is 2.58. The van der Waals surface area contributed by atoms with Crippen LogP contribution >= 0.6 is 22.7 Å². The molecule has 0 saturated carbocycles. The standard InChI is InChI=1S/C28H23F2N5O2S2/c1-16-23(35-12-13-38-28(35)32-16)25(36)31-15-21-6-3-11-34(21)27(37)22-24(17-7-9-19(29)10-8-17)39-26(33-22)18-4-2-5-20(30)14-18/h2,4-5,7-10,12-14,21H,3,6,11,15H2,1H3,(H,31,36)/t21-/m0/s1. The number of imidazole rings is 1. The van der Waals surface area contributed by atoms with E-state index in [1.807, 2.05) is 11.6 Å². The van der Waals surface area contributed by atoms with Crippen molar-refractivity contribution in [2.24, 2.45) is 0 Å². The summed E-state index contributed by atoms with van der Waals surface area (Å²) < 4.78 is 29.4. The number of fused-ring (bicyclic) bond motifs is 1. The molecule has 1 saturated heterocycles. The Morgan fingerprint density at radius 2 is 1.90 bits per heavy atom. The molecule has 2 aromatic carbocycles. The van der Waals surface area contributed by atoms with E-state index in [-0.39, 0.29) is 35.9 Å². The van der Waals surface area contributed by atoms with Crippen LogP contribution in [0.25, 0.3) is 26.0 Å². The fraction of sp³-hybridized carbons (Fsp3) is 0.214. The SMILES string of the molecule is Cc1nc2sccn2c1C(=O)NC[C@@H]1CCCN1C(=O)c1nc(-c2cccc(F)c2)sc1-c1ccc(F)cc1. The highest BCUT2D eigenvalue weighted by atomic mass is 32.1. The first-order chi connectivity index (χ1) is 18.9. The van der Waals surface area contributed by atoms with Crippen molar-refractivity contribution in [3.63, 3.8) is 0 Å². The summed E-state index contributed by atoms with van der Waals surface area (Å²) in [6, 6.07) is 11.7. The molecule has 0 aliphatic carbocycles. The van der Waals surface area contributed by atoms with Crippen LogP contribution in [0.5, 0.6) is 0 Å². The third-order valence-electron chi connectivity index (χ3n) is 6.80. The number of amides is 2. The number of rotatable bonds is 6. The third-order valence-corrected chi connectivity index (χ3v) is 8.71. The maximum absolute atomic E-state index is 13.9. The van der Waals surface area contributed by atoms with Crippen LogP contribution in [-0.2, 0) is 0 Å². The van der Waals surface area contributed by atoms with Crippen molar-refractivity contribution in [2.75, 3.05) is 13.1 Å². The van der Waals surface area contributed by atoms with Crippen molar-refractivity contribution in [1.82, 2.24) is 24.6 Å². The number of nitrogens with one attached hydrogen (secondary N) is 1. The second-order valence-corrected chi connectivity index (χ2v) is 11.2. The molecule has 6 rings (SSSR count). The van der Waals surface area contributed by atoms with E-state index in [2.05, 4.69) is 15.3 Å². The molecule has 3 aromatic heterocycles. The van der Waals surface area contributed by atoms with Gasteiger partial charge in [-0.15, -0.1) is 22.7 Å². The number of carbonyl (C=O) groups is 2. The van der Waals surface area contributed by atoms with Crippen LogP contribution in [0, 0.1) is 18.6 Å². The zero-order valence-electron chi connectivity index (χ0n) is 20.9. The van der Waals surface area contributed by atoms with E-state index in [0.717, 1.165) is 17.8 Å². The lowest BCUT2D eigenvalue weighted by Gasteiger charge is -2.24. The quantitative estimate of drug-likeness (QED) is 0.283. The van der Waals surface area contributed by atoms with Gasteiger partial charge in [-0.05, 0) is 49.6 Å². The normalized spacial score (nSPS) is 15.3. The van der Waals surface area contributed by atoms with Gasteiger partial charge in [-0.25, -0.2) is 18.7 Å². The van der Waals surface area contributed by atoms with E-state index in [0.29, 0.717) is 38.9 Å². The highest BCUT2D eigenvalue weighted by Crippen LogP contribution is 2.37. The van der Waals surface area contributed by atoms with Gasteiger partial charge in [0.1, 0.15) is 28.0 Å². The Morgan fingerprint density at radius 1 is 1.08 bits per heavy atom. The highest BCUT2D eigenvalue weighted by molar-refractivity contribution is 7.18. The first-order valence-electron chi connectivity index (χ1n) is 12.4. The highest BCUT2D eigenvalue weighted by Gasteiger charge is 2.33. The molecule has 2 amide bonds. The van der Waals surface area contributed by atoms with E-state index in [1.165, 1.54) is 46.9 Å². The van der Waals surface area contributed by atoms with Crippen LogP contribution in [0.3, 0.4) is 0 Å². The van der Waals surface area contributed by atoms with Gasteiger partial charge in [-0.1, -0.05) is 24.3 Å². The number of carbonyl (C=O) groups excluding carboxylic acids is 2. The minimum absolute atomic E-state index is 0.215. The number of nitrogens with zero attached hydrogens (tertiary/aromatic N) is 4. The summed E-state index contributed by atoms with van der Waals surface area (Å²) in [4.78, 5) is 39.1. The van der Waals surface area contributed by atoms with Gasteiger partial charge >= 0.3 is 0 Å². The number of aromatic nitrogens is 3. The number of thiazole rings is 2. The van der Waals surface area contributed by atoms with E-state index in [1.54, 1.807) is 40.5 Å². The van der Waals surface area contributed by atoms with Crippen molar-refractivity contribution < 1.29 is 18.4 Å². The van der Waals surface area contributed by atoms with Crippen LogP contribution < -0.4 is 5.32 Å². The molecule has 0 bridgehead atoms. The summed E-state index contributed by atoms with van der Waals surface area (Å²) in [5, 5.41) is 5.36. The Kier molecular flexibility index (Phi) is 6.69. The fourth-order valence-electron chi connectivity index (χ4n) is 4.92. The Labute approximate surface area is 230 Å². The van der Waals surface area contributed by atoms with E-state index in [9.17, 15) is 18.4 Å². The molecular formula is C28H23F2N5O2S2. The molecule has 0 radical (unpaired) electrons. The van der Waals surface area contributed by atoms with Gasteiger partial charge in [0.2, 0.25) is 0 Å². The minimum atomic E-state index is -0.401. The molecule has 7 nitrogen and oxygen atoms in total. The maximum Gasteiger partial charge on any atom is 0.274 e. The zero-order valence-corrected chi connectivity index (χ0v) is 22.5. The molecule has 198 valence electrons. The van der Waals surface area contributed by atoms with Crippen molar-refractivity contribution in [1.29, 1.82) is 0 Å². The lowest BCUT2D eigenvalue weighted by atomic mass is 10.1. The predicted molar refractivity (Wildman–Crippen MR) is 147 cm³/mol. The topological polar surface area (TPSA) is 79.6 Å². The first kappa shape index (κ1) is 25.3. The number of aryl methyl sites for hydroxylation is 1. The average molecular weight is 564 g/mol. The Hall–Kier alpha value is -3.96. The minimum Gasteiger partial charge on any atom is -0.349 e. The molecule has 4 heterocycles. The van der Waals surface area contributed by atoms with E-state index in [4.69, 9.17) is 0 Å². The monoisotopic (exact) mass is 563 g/mol. The molecule has 5 aromatic rings. The average Bonchev–Trinajstić information content (AvgIpc) is 3.71. The lowest BCUT2D eigenvalue weighted by Crippen LogP contribution is -2.43. The summed E-state index contributed by atoms with van der Waals surface area (Å²) in [6.45, 7) is 2.61. The smallest absolute Gasteiger partial charge is 0.274 e. The molecule has 11 heteroatoms. The van der Waals surface area contributed by atoms with E-state index >= 15 is 0 Å². The van der Waals surface area contributed by atoms with Crippen LogP contribution in [0.1, 0.15) is 39.5 Å². The van der Waals surface area contributed by atoms with Gasteiger partial charge in [0.25, 0.3) is 11.8 Å². The Bertz CT molecular complexity index is 1690. The number of likely N-dealkylation sites (tertiary alicyclic amines) is 1.